The Labute approximate surface area is 293 Å². The minimum Gasteiger partial charge on any atom is -0.338 e. The van der Waals surface area contributed by atoms with E-state index in [0.29, 0.717) is 38.2 Å². The van der Waals surface area contributed by atoms with E-state index in [9.17, 15) is 22.8 Å². The molecule has 256 valence electrons. The van der Waals surface area contributed by atoms with Crippen molar-refractivity contribution >= 4 is 29.2 Å². The van der Waals surface area contributed by atoms with Crippen LogP contribution in [0.5, 0.6) is 0 Å². The molecule has 3 heterocycles. The Bertz CT molecular complexity index is 1860. The van der Waals surface area contributed by atoms with Crippen LogP contribution in [0, 0.1) is 0 Å². The number of hydrogen-bond acceptors (Lipinski definition) is 6. The van der Waals surface area contributed by atoms with Gasteiger partial charge in [0, 0.05) is 68.6 Å². The fourth-order valence-electron chi connectivity index (χ4n) is 5.93. The highest BCUT2D eigenvalue weighted by Crippen LogP contribution is 2.29. The zero-order chi connectivity index (χ0) is 34.9. The van der Waals surface area contributed by atoms with Gasteiger partial charge in [0.05, 0.1) is 17.8 Å². The number of thiazole rings is 1. The molecular weight excluding hydrogens is 660 g/mol. The minimum atomic E-state index is -4.46. The molecule has 3 aromatic carbocycles. The highest BCUT2D eigenvalue weighted by Gasteiger charge is 2.34. The van der Waals surface area contributed by atoms with E-state index in [-0.39, 0.29) is 12.5 Å². The van der Waals surface area contributed by atoms with Crippen molar-refractivity contribution in [2.75, 3.05) is 26.2 Å². The monoisotopic (exact) mass is 695 g/mol. The normalized spacial score (nSPS) is 14.5. The van der Waals surface area contributed by atoms with Gasteiger partial charge in [-0.2, -0.15) is 13.2 Å². The summed E-state index contributed by atoms with van der Waals surface area (Å²) in [7, 11) is 0. The van der Waals surface area contributed by atoms with Gasteiger partial charge in [-0.1, -0.05) is 72.8 Å². The summed E-state index contributed by atoms with van der Waals surface area (Å²) < 4.78 is 39.4. The molecule has 0 aliphatic carbocycles. The van der Waals surface area contributed by atoms with Crippen LogP contribution < -0.4 is 0 Å². The third kappa shape index (κ3) is 9.10. The number of alkyl halides is 3. The molecule has 2 amide bonds. The molecule has 1 aliphatic rings. The van der Waals surface area contributed by atoms with Crippen LogP contribution >= 0.6 is 11.3 Å². The number of hydrogen-bond donors (Lipinski definition) is 0. The lowest BCUT2D eigenvalue weighted by Gasteiger charge is -2.39. The molecule has 50 heavy (non-hydrogen) atoms. The Balaban J connectivity index is 1.28. The molecule has 0 radical (unpaired) electrons. The molecular formula is C39H36F3N5O2S. The third-order valence-corrected chi connectivity index (χ3v) is 9.43. The molecule has 1 aliphatic heterocycles. The number of piperazine rings is 1. The summed E-state index contributed by atoms with van der Waals surface area (Å²) in [6, 6.07) is 26.8. The number of benzene rings is 3. The number of carbonyl (C=O) groups excluding carboxylic acids is 2. The fraction of sp³-hybridized carbons (Fsp3) is 0.231. The van der Waals surface area contributed by atoms with Crippen LogP contribution in [0.15, 0.2) is 121 Å². The molecule has 0 bridgehead atoms. The van der Waals surface area contributed by atoms with E-state index in [1.807, 2.05) is 83.1 Å². The first-order chi connectivity index (χ1) is 24.2. The van der Waals surface area contributed by atoms with Crippen molar-refractivity contribution in [3.8, 4) is 11.3 Å². The lowest BCUT2D eigenvalue weighted by atomic mass is 10.0. The Kier molecular flexibility index (Phi) is 11.1. The lowest BCUT2D eigenvalue weighted by Crippen LogP contribution is -2.56. The maximum absolute atomic E-state index is 14.5. The summed E-state index contributed by atoms with van der Waals surface area (Å²) in [6.07, 6.45) is 2.18. The third-order valence-electron chi connectivity index (χ3n) is 8.67. The SMILES string of the molecule is O=C(C(Cc1ccccc1)N(Cc1ccc(-c2ccccn2)cc1)C(=O)C=Cc1ccc(C(F)(F)F)cc1)N1CCN(Cc2nccs2)CC1. The zero-order valence-corrected chi connectivity index (χ0v) is 28.1. The quantitative estimate of drug-likeness (QED) is 0.137. The van der Waals surface area contributed by atoms with Crippen molar-refractivity contribution in [2.45, 2.75) is 31.7 Å². The molecule has 11 heteroatoms. The smallest absolute Gasteiger partial charge is 0.338 e. The van der Waals surface area contributed by atoms with Crippen molar-refractivity contribution in [3.63, 3.8) is 0 Å². The van der Waals surface area contributed by atoms with Crippen LogP contribution in [0.2, 0.25) is 0 Å². The van der Waals surface area contributed by atoms with Crippen LogP contribution in [-0.2, 0) is 35.3 Å². The maximum Gasteiger partial charge on any atom is 0.416 e. The molecule has 5 aromatic rings. The van der Waals surface area contributed by atoms with Crippen LogP contribution in [0.3, 0.4) is 0 Å². The molecule has 0 spiro atoms. The first-order valence-corrected chi connectivity index (χ1v) is 17.2. The second-order valence-corrected chi connectivity index (χ2v) is 13.0. The van der Waals surface area contributed by atoms with Gasteiger partial charge in [0.15, 0.2) is 0 Å². The van der Waals surface area contributed by atoms with Gasteiger partial charge in [0.2, 0.25) is 11.8 Å². The van der Waals surface area contributed by atoms with E-state index < -0.39 is 23.7 Å². The van der Waals surface area contributed by atoms with Crippen molar-refractivity contribution in [2.24, 2.45) is 0 Å². The fourth-order valence-corrected chi connectivity index (χ4v) is 6.58. The molecule has 7 nitrogen and oxygen atoms in total. The van der Waals surface area contributed by atoms with Crippen LogP contribution in [0.4, 0.5) is 13.2 Å². The Morgan fingerprint density at radius 1 is 0.820 bits per heavy atom. The van der Waals surface area contributed by atoms with E-state index >= 15 is 0 Å². The van der Waals surface area contributed by atoms with Crippen LogP contribution in [0.25, 0.3) is 17.3 Å². The predicted molar refractivity (Wildman–Crippen MR) is 189 cm³/mol. The summed E-state index contributed by atoms with van der Waals surface area (Å²) in [5.74, 6) is -0.570. The molecule has 1 unspecified atom stereocenters. The number of rotatable bonds is 11. The zero-order valence-electron chi connectivity index (χ0n) is 27.2. The Morgan fingerprint density at radius 3 is 2.18 bits per heavy atom. The first kappa shape index (κ1) is 34.7. The first-order valence-electron chi connectivity index (χ1n) is 16.3. The Hall–Kier alpha value is -5.13. The Morgan fingerprint density at radius 2 is 1.54 bits per heavy atom. The summed E-state index contributed by atoms with van der Waals surface area (Å²) in [4.78, 5) is 43.1. The summed E-state index contributed by atoms with van der Waals surface area (Å²) >= 11 is 1.60. The standard InChI is InChI=1S/C39H36F3N5O2S/c40-39(41,42)33-16-11-29(12-17-33)13-18-37(48)47(27-31-9-14-32(15-10-31)34-8-4-5-19-43-34)35(26-30-6-2-1-3-7-30)38(49)46-23-21-45(22-24-46)28-36-44-20-25-50-36/h1-20,25,35H,21-24,26-28H2. The molecule has 1 saturated heterocycles. The second kappa shape index (κ2) is 16.1. The van der Waals surface area contributed by atoms with Gasteiger partial charge in [0.25, 0.3) is 0 Å². The summed E-state index contributed by atoms with van der Waals surface area (Å²) in [5, 5.41) is 2.98. The number of amides is 2. The van der Waals surface area contributed by atoms with E-state index in [0.717, 1.165) is 46.1 Å². The van der Waals surface area contributed by atoms with Crippen molar-refractivity contribution < 1.29 is 22.8 Å². The average molecular weight is 696 g/mol. The topological polar surface area (TPSA) is 69.6 Å². The van der Waals surface area contributed by atoms with Gasteiger partial charge in [-0.05, 0) is 47.0 Å². The maximum atomic E-state index is 14.5. The summed E-state index contributed by atoms with van der Waals surface area (Å²) in [5.41, 5.74) is 3.13. The van der Waals surface area contributed by atoms with Crippen LogP contribution in [-0.4, -0.2) is 68.7 Å². The highest BCUT2D eigenvalue weighted by molar-refractivity contribution is 7.09. The molecule has 2 aromatic heterocycles. The van der Waals surface area contributed by atoms with E-state index in [1.54, 1.807) is 28.6 Å². The highest BCUT2D eigenvalue weighted by atomic mass is 32.1. The van der Waals surface area contributed by atoms with Crippen molar-refractivity contribution in [3.05, 3.63) is 148 Å². The number of nitrogens with zero attached hydrogens (tertiary/aromatic N) is 5. The van der Waals surface area contributed by atoms with Gasteiger partial charge < -0.3 is 9.80 Å². The largest absolute Gasteiger partial charge is 0.416 e. The lowest BCUT2D eigenvalue weighted by molar-refractivity contribution is -0.145. The number of halogens is 3. The van der Waals surface area contributed by atoms with Crippen LogP contribution in [0.1, 0.15) is 27.3 Å². The van der Waals surface area contributed by atoms with Gasteiger partial charge in [-0.15, -0.1) is 11.3 Å². The average Bonchev–Trinajstić information content (AvgIpc) is 3.66. The molecule has 6 rings (SSSR count). The molecule has 1 fully saturated rings. The van der Waals surface area contributed by atoms with Crippen molar-refractivity contribution in [1.82, 2.24) is 24.7 Å². The number of carbonyl (C=O) groups is 2. The predicted octanol–water partition coefficient (Wildman–Crippen LogP) is 7.22. The van der Waals surface area contributed by atoms with Gasteiger partial charge >= 0.3 is 6.18 Å². The van der Waals surface area contributed by atoms with Crippen molar-refractivity contribution in [1.29, 1.82) is 0 Å². The van der Waals surface area contributed by atoms with Gasteiger partial charge in [-0.25, -0.2) is 4.98 Å². The molecule has 0 saturated carbocycles. The minimum absolute atomic E-state index is 0.145. The summed E-state index contributed by atoms with van der Waals surface area (Å²) in [6.45, 7) is 3.25. The van der Waals surface area contributed by atoms with Gasteiger partial charge in [0.1, 0.15) is 11.0 Å². The van der Waals surface area contributed by atoms with E-state index in [2.05, 4.69) is 14.9 Å². The number of aromatic nitrogens is 2. The van der Waals surface area contributed by atoms with E-state index in [1.165, 1.54) is 24.3 Å². The van der Waals surface area contributed by atoms with Gasteiger partial charge in [-0.3, -0.25) is 19.5 Å². The second-order valence-electron chi connectivity index (χ2n) is 12.1. The molecule has 0 N–H and O–H groups in total. The van der Waals surface area contributed by atoms with E-state index in [4.69, 9.17) is 0 Å². The molecule has 1 atom stereocenters. The number of pyridine rings is 1.